The molecule has 0 bridgehead atoms. The molecule has 3 heterocycles. The molecule has 1 saturated heterocycles. The first-order valence-corrected chi connectivity index (χ1v) is 7.94. The predicted octanol–water partition coefficient (Wildman–Crippen LogP) is 0.373. The molecule has 6 heteroatoms. The number of nitrogens with zero attached hydrogens (tertiary/aromatic N) is 1. The molecule has 0 saturated carbocycles. The van der Waals surface area contributed by atoms with Crippen LogP contribution in [0.5, 0.6) is 11.5 Å². The Morgan fingerprint density at radius 1 is 1.22 bits per heavy atom. The van der Waals surface area contributed by atoms with Crippen LogP contribution in [0.2, 0.25) is 0 Å². The number of hydrogen-bond acceptors (Lipinski definition) is 6. The fourth-order valence-corrected chi connectivity index (χ4v) is 4.56. The Balaban J connectivity index is 1.68. The Labute approximate surface area is 133 Å². The van der Waals surface area contributed by atoms with Crippen molar-refractivity contribution in [3.8, 4) is 11.5 Å². The number of methoxy groups -OCH3 is 1. The first kappa shape index (κ1) is 13.8. The highest BCUT2D eigenvalue weighted by Gasteiger charge is 2.52. The van der Waals surface area contributed by atoms with Crippen LogP contribution in [0.3, 0.4) is 0 Å². The summed E-state index contributed by atoms with van der Waals surface area (Å²) in [6.07, 6.45) is 0.341. The molecular formula is C17H19NO5. The summed E-state index contributed by atoms with van der Waals surface area (Å²) in [6, 6.07) is 4.02. The topological polar surface area (TPSA) is 71.4 Å². The molecular weight excluding hydrogens is 298 g/mol. The molecule has 0 amide bonds. The number of ether oxygens (including phenoxy) is 3. The lowest BCUT2D eigenvalue weighted by Crippen LogP contribution is -2.50. The maximum Gasteiger partial charge on any atom is 0.231 e. The summed E-state index contributed by atoms with van der Waals surface area (Å²) < 4.78 is 16.4. The standard InChI is InChI=1S/C17H19NO5/c1-21-14-4-10-11(19)6-18-5-8-2-12-13(23-7-22-12)3-9(8)15(16(10)18)17(14)20/h2-4,11,14-17,19-20H,5-7H2,1H3/t11-,14-,15-,16-,17+/m0/s1. The average Bonchev–Trinajstić information content (AvgIpc) is 3.11. The van der Waals surface area contributed by atoms with E-state index < -0.39 is 18.3 Å². The minimum atomic E-state index is -0.652. The van der Waals surface area contributed by atoms with E-state index in [9.17, 15) is 10.2 Å². The zero-order chi connectivity index (χ0) is 15.7. The number of hydrogen-bond donors (Lipinski definition) is 2. The van der Waals surface area contributed by atoms with Crippen molar-refractivity contribution in [1.82, 2.24) is 4.90 Å². The van der Waals surface area contributed by atoms with Gasteiger partial charge >= 0.3 is 0 Å². The average molecular weight is 317 g/mol. The number of fused-ring (bicyclic) bond motifs is 3. The summed E-state index contributed by atoms with van der Waals surface area (Å²) in [5.41, 5.74) is 3.17. The van der Waals surface area contributed by atoms with Gasteiger partial charge in [-0.15, -0.1) is 0 Å². The van der Waals surface area contributed by atoms with Crippen LogP contribution < -0.4 is 9.47 Å². The number of rotatable bonds is 1. The van der Waals surface area contributed by atoms with Crippen LogP contribution in [-0.2, 0) is 11.3 Å². The van der Waals surface area contributed by atoms with Gasteiger partial charge in [-0.3, -0.25) is 4.90 Å². The first-order chi connectivity index (χ1) is 11.2. The fraction of sp³-hybridized carbons (Fsp3) is 0.529. The van der Waals surface area contributed by atoms with Gasteiger partial charge < -0.3 is 24.4 Å². The molecule has 122 valence electrons. The Hall–Kier alpha value is -1.60. The number of aliphatic hydroxyl groups is 2. The molecule has 23 heavy (non-hydrogen) atoms. The molecule has 4 aliphatic rings. The molecule has 1 fully saturated rings. The van der Waals surface area contributed by atoms with E-state index in [1.807, 2.05) is 18.2 Å². The second kappa shape index (κ2) is 4.70. The van der Waals surface area contributed by atoms with Crippen molar-refractivity contribution < 1.29 is 24.4 Å². The van der Waals surface area contributed by atoms with Crippen LogP contribution in [0, 0.1) is 0 Å². The van der Waals surface area contributed by atoms with Crippen molar-refractivity contribution in [3.05, 3.63) is 34.9 Å². The summed E-state index contributed by atoms with van der Waals surface area (Å²) in [6.45, 7) is 1.57. The molecule has 6 nitrogen and oxygen atoms in total. The molecule has 0 aromatic heterocycles. The smallest absolute Gasteiger partial charge is 0.231 e. The van der Waals surface area contributed by atoms with E-state index in [1.54, 1.807) is 7.11 Å². The summed E-state index contributed by atoms with van der Waals surface area (Å²) in [4.78, 5) is 2.24. The first-order valence-electron chi connectivity index (χ1n) is 7.94. The van der Waals surface area contributed by atoms with Gasteiger partial charge in [-0.1, -0.05) is 0 Å². The minimum absolute atomic E-state index is 0.0271. The van der Waals surface area contributed by atoms with Gasteiger partial charge in [0.15, 0.2) is 11.5 Å². The Morgan fingerprint density at radius 2 is 2.00 bits per heavy atom. The molecule has 0 radical (unpaired) electrons. The zero-order valence-electron chi connectivity index (χ0n) is 12.8. The van der Waals surface area contributed by atoms with E-state index in [-0.39, 0.29) is 18.8 Å². The van der Waals surface area contributed by atoms with E-state index in [0.29, 0.717) is 6.54 Å². The molecule has 1 aromatic carbocycles. The van der Waals surface area contributed by atoms with Crippen LogP contribution in [0.4, 0.5) is 0 Å². The van der Waals surface area contributed by atoms with E-state index in [0.717, 1.165) is 34.7 Å². The highest BCUT2D eigenvalue weighted by molar-refractivity contribution is 5.53. The predicted molar refractivity (Wildman–Crippen MR) is 80.4 cm³/mol. The lowest BCUT2D eigenvalue weighted by Gasteiger charge is -2.44. The normalized spacial score (nSPS) is 37.3. The summed E-state index contributed by atoms with van der Waals surface area (Å²) in [5.74, 6) is 1.36. The molecule has 5 atom stereocenters. The van der Waals surface area contributed by atoms with Gasteiger partial charge in [-0.2, -0.15) is 0 Å². The Kier molecular flexibility index (Phi) is 2.82. The summed E-state index contributed by atoms with van der Waals surface area (Å²) in [7, 11) is 1.59. The van der Waals surface area contributed by atoms with E-state index in [1.165, 1.54) is 0 Å². The highest BCUT2D eigenvalue weighted by Crippen LogP contribution is 2.49. The van der Waals surface area contributed by atoms with Crippen molar-refractivity contribution in [2.75, 3.05) is 20.4 Å². The monoisotopic (exact) mass is 317 g/mol. The maximum absolute atomic E-state index is 10.9. The lowest BCUT2D eigenvalue weighted by atomic mass is 9.73. The van der Waals surface area contributed by atoms with Gasteiger partial charge in [0.2, 0.25) is 6.79 Å². The lowest BCUT2D eigenvalue weighted by molar-refractivity contribution is -0.0231. The molecule has 0 unspecified atom stereocenters. The number of aliphatic hydroxyl groups excluding tert-OH is 2. The van der Waals surface area contributed by atoms with Crippen molar-refractivity contribution >= 4 is 0 Å². The summed E-state index contributed by atoms with van der Waals surface area (Å²) in [5, 5.41) is 21.3. The van der Waals surface area contributed by atoms with Crippen molar-refractivity contribution in [3.63, 3.8) is 0 Å². The van der Waals surface area contributed by atoms with E-state index in [4.69, 9.17) is 14.2 Å². The molecule has 2 N–H and O–H groups in total. The Morgan fingerprint density at radius 3 is 2.78 bits per heavy atom. The van der Waals surface area contributed by atoms with Gasteiger partial charge in [0.05, 0.1) is 12.2 Å². The van der Waals surface area contributed by atoms with Crippen LogP contribution in [0.15, 0.2) is 23.8 Å². The Bertz CT molecular complexity index is 702. The van der Waals surface area contributed by atoms with Gasteiger partial charge in [-0.05, 0) is 34.9 Å². The quantitative estimate of drug-likeness (QED) is 0.730. The van der Waals surface area contributed by atoms with E-state index >= 15 is 0 Å². The van der Waals surface area contributed by atoms with E-state index in [2.05, 4.69) is 4.90 Å². The largest absolute Gasteiger partial charge is 0.454 e. The minimum Gasteiger partial charge on any atom is -0.454 e. The van der Waals surface area contributed by atoms with Gasteiger partial charge in [0.1, 0.15) is 6.10 Å². The second-order valence-corrected chi connectivity index (χ2v) is 6.68. The van der Waals surface area contributed by atoms with Crippen molar-refractivity contribution in [2.24, 2.45) is 0 Å². The third-order valence-corrected chi connectivity index (χ3v) is 5.57. The fourth-order valence-electron chi connectivity index (χ4n) is 4.56. The highest BCUT2D eigenvalue weighted by atomic mass is 16.7. The van der Waals surface area contributed by atoms with Gasteiger partial charge in [-0.25, -0.2) is 0 Å². The molecule has 1 aromatic rings. The SMILES string of the molecule is CO[C@H]1C=C2[C@@H](O)CN3Cc4cc5c(cc4[C@H]([C@@H]1O)[C@H]23)OCO5. The maximum atomic E-state index is 10.9. The van der Waals surface area contributed by atoms with Crippen molar-refractivity contribution in [1.29, 1.82) is 0 Å². The molecule has 5 rings (SSSR count). The van der Waals surface area contributed by atoms with Crippen LogP contribution in [-0.4, -0.2) is 59.9 Å². The zero-order valence-corrected chi connectivity index (χ0v) is 12.8. The van der Waals surface area contributed by atoms with Crippen molar-refractivity contribution in [2.45, 2.75) is 36.8 Å². The third-order valence-electron chi connectivity index (χ3n) is 5.57. The second-order valence-electron chi connectivity index (χ2n) is 6.68. The van der Waals surface area contributed by atoms with Gasteiger partial charge in [0, 0.05) is 32.2 Å². The molecule has 0 spiro atoms. The van der Waals surface area contributed by atoms with Crippen LogP contribution in [0.25, 0.3) is 0 Å². The molecule has 1 aliphatic carbocycles. The summed E-state index contributed by atoms with van der Waals surface area (Å²) >= 11 is 0. The number of benzene rings is 1. The third kappa shape index (κ3) is 1.77. The van der Waals surface area contributed by atoms with Crippen LogP contribution >= 0.6 is 0 Å². The van der Waals surface area contributed by atoms with Crippen LogP contribution in [0.1, 0.15) is 17.0 Å². The molecule has 3 aliphatic heterocycles. The van der Waals surface area contributed by atoms with Gasteiger partial charge in [0.25, 0.3) is 0 Å².